The van der Waals surface area contributed by atoms with Gasteiger partial charge in [0.2, 0.25) is 5.88 Å². The predicted octanol–water partition coefficient (Wildman–Crippen LogP) is 2.34. The minimum atomic E-state index is -0.457. The van der Waals surface area contributed by atoms with Crippen molar-refractivity contribution in [3.63, 3.8) is 0 Å². The standard InChI is InChI=1S/C18H18N4O4/c1-24-17-15(9-20-18(22-17)25-2)12-4-3-5-13(6-12)16(26-11-23)7-14-8-19-10-21-14/h3-6,8-11,16H,7H2,1-2H3,(H,19,21). The maximum absolute atomic E-state index is 10.9. The molecule has 0 aliphatic rings. The molecule has 1 aromatic carbocycles. The predicted molar refractivity (Wildman–Crippen MR) is 92.8 cm³/mol. The second kappa shape index (κ2) is 8.11. The van der Waals surface area contributed by atoms with Gasteiger partial charge in [0.15, 0.2) is 0 Å². The lowest BCUT2D eigenvalue weighted by Crippen LogP contribution is -2.07. The summed E-state index contributed by atoms with van der Waals surface area (Å²) in [4.78, 5) is 26.4. The molecule has 8 nitrogen and oxygen atoms in total. The van der Waals surface area contributed by atoms with Crippen LogP contribution in [0.1, 0.15) is 17.4 Å². The number of aromatic amines is 1. The molecule has 1 unspecified atom stereocenters. The summed E-state index contributed by atoms with van der Waals surface area (Å²) in [5.41, 5.74) is 3.17. The Balaban J connectivity index is 1.95. The fraction of sp³-hybridized carbons (Fsp3) is 0.222. The average Bonchev–Trinajstić information content (AvgIpc) is 3.20. The number of nitrogens with zero attached hydrogens (tertiary/aromatic N) is 3. The van der Waals surface area contributed by atoms with Gasteiger partial charge in [0.1, 0.15) is 6.10 Å². The van der Waals surface area contributed by atoms with Crippen LogP contribution in [0.2, 0.25) is 0 Å². The van der Waals surface area contributed by atoms with Crippen LogP contribution in [0.25, 0.3) is 11.1 Å². The van der Waals surface area contributed by atoms with Crippen LogP contribution in [0.5, 0.6) is 11.9 Å². The summed E-state index contributed by atoms with van der Waals surface area (Å²) in [5.74, 6) is 0.397. The van der Waals surface area contributed by atoms with E-state index < -0.39 is 6.10 Å². The van der Waals surface area contributed by atoms with Crippen molar-refractivity contribution in [2.45, 2.75) is 12.5 Å². The van der Waals surface area contributed by atoms with E-state index in [4.69, 9.17) is 14.2 Å². The van der Waals surface area contributed by atoms with Gasteiger partial charge in [-0.1, -0.05) is 18.2 Å². The Morgan fingerprint density at radius 1 is 1.23 bits per heavy atom. The van der Waals surface area contributed by atoms with Crippen molar-refractivity contribution in [1.82, 2.24) is 19.9 Å². The number of aromatic nitrogens is 4. The Hall–Kier alpha value is -3.42. The van der Waals surface area contributed by atoms with Gasteiger partial charge in [-0.3, -0.25) is 4.79 Å². The Bertz CT molecular complexity index is 867. The first-order valence-corrected chi connectivity index (χ1v) is 7.87. The van der Waals surface area contributed by atoms with Crippen LogP contribution in [0, 0.1) is 0 Å². The van der Waals surface area contributed by atoms with E-state index in [1.807, 2.05) is 24.3 Å². The van der Waals surface area contributed by atoms with Crippen LogP contribution in [0.3, 0.4) is 0 Å². The molecule has 26 heavy (non-hydrogen) atoms. The lowest BCUT2D eigenvalue weighted by atomic mass is 10.00. The van der Waals surface area contributed by atoms with E-state index in [1.54, 1.807) is 18.7 Å². The van der Waals surface area contributed by atoms with E-state index in [1.165, 1.54) is 14.2 Å². The van der Waals surface area contributed by atoms with Gasteiger partial charge in [0, 0.05) is 18.8 Å². The highest BCUT2D eigenvalue weighted by molar-refractivity contribution is 5.68. The smallest absolute Gasteiger partial charge is 0.319 e. The number of benzene rings is 1. The second-order valence-corrected chi connectivity index (χ2v) is 5.39. The van der Waals surface area contributed by atoms with Crippen LogP contribution in [0.15, 0.2) is 43.0 Å². The zero-order valence-electron chi connectivity index (χ0n) is 14.4. The number of carbonyl (C=O) groups is 1. The molecule has 8 heteroatoms. The van der Waals surface area contributed by atoms with E-state index >= 15 is 0 Å². The van der Waals surface area contributed by atoms with Crippen molar-refractivity contribution in [2.24, 2.45) is 0 Å². The monoisotopic (exact) mass is 354 g/mol. The molecule has 0 bridgehead atoms. The molecule has 0 spiro atoms. The number of hydrogen-bond acceptors (Lipinski definition) is 7. The Kier molecular flexibility index (Phi) is 5.43. The molecule has 3 rings (SSSR count). The number of hydrogen-bond donors (Lipinski definition) is 1. The molecule has 0 fully saturated rings. The quantitative estimate of drug-likeness (QED) is 0.620. The zero-order chi connectivity index (χ0) is 18.4. The third-order valence-corrected chi connectivity index (χ3v) is 3.85. The Labute approximate surface area is 150 Å². The number of carbonyl (C=O) groups excluding carboxylic acids is 1. The van der Waals surface area contributed by atoms with Crippen molar-refractivity contribution < 1.29 is 19.0 Å². The molecule has 134 valence electrons. The maximum atomic E-state index is 10.9. The van der Waals surface area contributed by atoms with E-state index in [0.717, 1.165) is 16.8 Å². The minimum Gasteiger partial charge on any atom is -0.480 e. The molecule has 0 aliphatic heterocycles. The number of rotatable bonds is 8. The first-order chi connectivity index (χ1) is 12.7. The van der Waals surface area contributed by atoms with Gasteiger partial charge in [-0.2, -0.15) is 4.98 Å². The van der Waals surface area contributed by atoms with Gasteiger partial charge < -0.3 is 19.2 Å². The largest absolute Gasteiger partial charge is 0.480 e. The molecule has 0 radical (unpaired) electrons. The van der Waals surface area contributed by atoms with Crippen LogP contribution in [-0.2, 0) is 16.0 Å². The van der Waals surface area contributed by atoms with E-state index in [2.05, 4.69) is 19.9 Å². The van der Waals surface area contributed by atoms with E-state index in [-0.39, 0.29) is 6.01 Å². The SMILES string of the molecule is COc1ncc(-c2cccc(C(Cc3c[nH]cn3)OC=O)c2)c(OC)n1. The molecule has 0 saturated heterocycles. The topological polar surface area (TPSA) is 99.2 Å². The Morgan fingerprint density at radius 2 is 2.12 bits per heavy atom. The van der Waals surface area contributed by atoms with Gasteiger partial charge in [0.05, 0.1) is 31.8 Å². The van der Waals surface area contributed by atoms with Gasteiger partial charge in [-0.05, 0) is 17.2 Å². The van der Waals surface area contributed by atoms with Crippen molar-refractivity contribution in [3.8, 4) is 23.0 Å². The molecule has 0 aliphatic carbocycles. The van der Waals surface area contributed by atoms with Crippen LogP contribution >= 0.6 is 0 Å². The van der Waals surface area contributed by atoms with Crippen molar-refractivity contribution in [2.75, 3.05) is 14.2 Å². The highest BCUT2D eigenvalue weighted by Crippen LogP contribution is 2.31. The molecule has 0 saturated carbocycles. The summed E-state index contributed by atoms with van der Waals surface area (Å²) < 4.78 is 15.6. The summed E-state index contributed by atoms with van der Waals surface area (Å²) in [5, 5.41) is 0. The lowest BCUT2D eigenvalue weighted by molar-refractivity contribution is -0.133. The number of imidazole rings is 1. The third-order valence-electron chi connectivity index (χ3n) is 3.85. The Morgan fingerprint density at radius 3 is 2.81 bits per heavy atom. The highest BCUT2D eigenvalue weighted by Gasteiger charge is 2.17. The van der Waals surface area contributed by atoms with Gasteiger partial charge in [-0.25, -0.2) is 9.97 Å². The maximum Gasteiger partial charge on any atom is 0.319 e. The molecule has 0 amide bonds. The summed E-state index contributed by atoms with van der Waals surface area (Å²) >= 11 is 0. The molecule has 2 heterocycles. The molecular weight excluding hydrogens is 336 g/mol. The van der Waals surface area contributed by atoms with Crippen molar-refractivity contribution >= 4 is 6.47 Å². The summed E-state index contributed by atoms with van der Waals surface area (Å²) in [6.07, 6.45) is 4.99. The van der Waals surface area contributed by atoms with Crippen molar-refractivity contribution in [1.29, 1.82) is 0 Å². The number of H-pyrrole nitrogens is 1. The fourth-order valence-electron chi connectivity index (χ4n) is 2.61. The van der Waals surface area contributed by atoms with Gasteiger partial charge in [0.25, 0.3) is 6.47 Å². The second-order valence-electron chi connectivity index (χ2n) is 5.39. The summed E-state index contributed by atoms with van der Waals surface area (Å²) in [6.45, 7) is 0.446. The number of ether oxygens (including phenoxy) is 3. The van der Waals surface area contributed by atoms with E-state index in [9.17, 15) is 4.79 Å². The van der Waals surface area contributed by atoms with Gasteiger partial charge in [-0.15, -0.1) is 0 Å². The summed E-state index contributed by atoms with van der Waals surface area (Å²) in [6, 6.07) is 7.81. The summed E-state index contributed by atoms with van der Waals surface area (Å²) in [7, 11) is 3.02. The molecular formula is C18H18N4O4. The number of methoxy groups -OCH3 is 2. The normalized spacial score (nSPS) is 11.6. The minimum absolute atomic E-state index is 0.224. The third kappa shape index (κ3) is 3.80. The van der Waals surface area contributed by atoms with Crippen LogP contribution < -0.4 is 9.47 Å². The lowest BCUT2D eigenvalue weighted by Gasteiger charge is -2.16. The van der Waals surface area contributed by atoms with E-state index in [0.29, 0.717) is 24.3 Å². The fourth-order valence-corrected chi connectivity index (χ4v) is 2.61. The first-order valence-electron chi connectivity index (χ1n) is 7.87. The molecule has 1 atom stereocenters. The first kappa shape index (κ1) is 17.4. The van der Waals surface area contributed by atoms with Gasteiger partial charge >= 0.3 is 6.01 Å². The molecule has 2 aromatic heterocycles. The highest BCUT2D eigenvalue weighted by atomic mass is 16.5. The molecule has 1 N–H and O–H groups in total. The number of nitrogens with one attached hydrogen (secondary N) is 1. The molecule has 3 aromatic rings. The van der Waals surface area contributed by atoms with Crippen LogP contribution in [0.4, 0.5) is 0 Å². The average molecular weight is 354 g/mol. The van der Waals surface area contributed by atoms with Crippen molar-refractivity contribution in [3.05, 3.63) is 54.2 Å². The van der Waals surface area contributed by atoms with Crippen LogP contribution in [-0.4, -0.2) is 40.6 Å². The zero-order valence-corrected chi connectivity index (χ0v) is 14.4.